The number of rotatable bonds is 6. The lowest BCUT2D eigenvalue weighted by atomic mass is 9.98. The van der Waals surface area contributed by atoms with Gasteiger partial charge in [-0.1, -0.05) is 30.3 Å². The fraction of sp³-hybridized carbons (Fsp3) is 0.250. The van der Waals surface area contributed by atoms with Crippen LogP contribution in [-0.2, 0) is 11.2 Å². The Morgan fingerprint density at radius 1 is 1.16 bits per heavy atom. The summed E-state index contributed by atoms with van der Waals surface area (Å²) in [4.78, 5) is 12.6. The second-order valence-electron chi connectivity index (χ2n) is 5.66. The normalized spacial score (nSPS) is 11.0. The van der Waals surface area contributed by atoms with Gasteiger partial charge in [0.2, 0.25) is 0 Å². The molecular formula is C20H20O5. The standard InChI is InChI=1S/C20H20O5/c1-2-24-20(23)18-17-14(9-6-12-21)15(22)10-11-16(17)25-19(18)13-7-4-3-5-8-13/h3-5,7-8,10-11,21-22H,2,6,9,12H2,1H3. The highest BCUT2D eigenvalue weighted by atomic mass is 16.5. The number of aromatic hydroxyl groups is 1. The molecular weight excluding hydrogens is 320 g/mol. The number of furan rings is 1. The lowest BCUT2D eigenvalue weighted by Crippen LogP contribution is -2.06. The lowest BCUT2D eigenvalue weighted by molar-refractivity contribution is 0.0528. The number of aliphatic hydroxyl groups is 1. The van der Waals surface area contributed by atoms with E-state index >= 15 is 0 Å². The van der Waals surface area contributed by atoms with Gasteiger partial charge in [-0.2, -0.15) is 0 Å². The molecule has 0 bridgehead atoms. The molecule has 25 heavy (non-hydrogen) atoms. The smallest absolute Gasteiger partial charge is 0.342 e. The Bertz CT molecular complexity index is 880. The number of phenolic OH excluding ortho intramolecular Hbond substituents is 1. The van der Waals surface area contributed by atoms with E-state index in [9.17, 15) is 9.90 Å². The van der Waals surface area contributed by atoms with Crippen molar-refractivity contribution >= 4 is 16.9 Å². The molecule has 0 fully saturated rings. The summed E-state index contributed by atoms with van der Waals surface area (Å²) in [5.74, 6) is 0.00719. The summed E-state index contributed by atoms with van der Waals surface area (Å²) >= 11 is 0. The maximum atomic E-state index is 12.6. The molecule has 3 rings (SSSR count). The van der Waals surface area contributed by atoms with Crippen LogP contribution in [-0.4, -0.2) is 29.4 Å². The molecule has 0 saturated heterocycles. The molecule has 0 spiro atoms. The van der Waals surface area contributed by atoms with Gasteiger partial charge in [0.25, 0.3) is 0 Å². The third-order valence-corrected chi connectivity index (χ3v) is 4.04. The first-order valence-electron chi connectivity index (χ1n) is 8.28. The highest BCUT2D eigenvalue weighted by molar-refractivity contribution is 6.10. The maximum absolute atomic E-state index is 12.6. The number of benzene rings is 2. The van der Waals surface area contributed by atoms with Crippen LogP contribution in [0.1, 0.15) is 29.3 Å². The van der Waals surface area contributed by atoms with Gasteiger partial charge < -0.3 is 19.4 Å². The lowest BCUT2D eigenvalue weighted by Gasteiger charge is -2.08. The van der Waals surface area contributed by atoms with E-state index in [-0.39, 0.29) is 19.0 Å². The monoisotopic (exact) mass is 340 g/mol. The molecule has 5 heteroatoms. The van der Waals surface area contributed by atoms with Gasteiger partial charge in [-0.05, 0) is 31.9 Å². The summed E-state index contributed by atoms with van der Waals surface area (Å²) in [5, 5.41) is 20.0. The van der Waals surface area contributed by atoms with Crippen LogP contribution in [0.15, 0.2) is 46.9 Å². The Kier molecular flexibility index (Phi) is 5.05. The molecule has 0 radical (unpaired) electrons. The molecule has 1 aromatic heterocycles. The van der Waals surface area contributed by atoms with Gasteiger partial charge in [0.05, 0.1) is 6.61 Å². The van der Waals surface area contributed by atoms with Crippen LogP contribution >= 0.6 is 0 Å². The Labute approximate surface area is 145 Å². The first-order chi connectivity index (χ1) is 12.2. The van der Waals surface area contributed by atoms with Crippen LogP contribution in [0, 0.1) is 0 Å². The first-order valence-corrected chi connectivity index (χ1v) is 8.28. The highest BCUT2D eigenvalue weighted by Gasteiger charge is 2.26. The molecule has 5 nitrogen and oxygen atoms in total. The minimum atomic E-state index is -0.490. The van der Waals surface area contributed by atoms with Gasteiger partial charge in [0.15, 0.2) is 0 Å². The molecule has 0 aliphatic rings. The zero-order valence-corrected chi connectivity index (χ0v) is 14.0. The predicted octanol–water partition coefficient (Wildman–Crippen LogP) is 3.91. The summed E-state index contributed by atoms with van der Waals surface area (Å²) in [5.41, 5.74) is 2.16. The Balaban J connectivity index is 2.30. The average molecular weight is 340 g/mol. The third-order valence-electron chi connectivity index (χ3n) is 4.04. The fourth-order valence-corrected chi connectivity index (χ4v) is 2.95. The van der Waals surface area contributed by atoms with Crippen LogP contribution in [0.25, 0.3) is 22.3 Å². The van der Waals surface area contributed by atoms with Crippen molar-refractivity contribution in [1.82, 2.24) is 0 Å². The van der Waals surface area contributed by atoms with E-state index in [2.05, 4.69) is 0 Å². The summed E-state index contributed by atoms with van der Waals surface area (Å²) < 4.78 is 11.2. The van der Waals surface area contributed by atoms with Crippen LogP contribution in [0.3, 0.4) is 0 Å². The van der Waals surface area contributed by atoms with Crippen LogP contribution in [0.4, 0.5) is 0 Å². The molecule has 0 aliphatic heterocycles. The number of carbonyl (C=O) groups is 1. The largest absolute Gasteiger partial charge is 0.508 e. The number of hydrogen-bond acceptors (Lipinski definition) is 5. The molecule has 1 heterocycles. The van der Waals surface area contributed by atoms with Gasteiger partial charge in [-0.3, -0.25) is 0 Å². The zero-order valence-electron chi connectivity index (χ0n) is 14.0. The molecule has 2 aromatic carbocycles. The van der Waals surface area contributed by atoms with Crippen LogP contribution < -0.4 is 0 Å². The summed E-state index contributed by atoms with van der Waals surface area (Å²) in [6, 6.07) is 12.5. The average Bonchev–Trinajstić information content (AvgIpc) is 3.02. The topological polar surface area (TPSA) is 79.9 Å². The van der Waals surface area contributed by atoms with E-state index in [1.165, 1.54) is 0 Å². The van der Waals surface area contributed by atoms with E-state index in [0.29, 0.717) is 40.7 Å². The molecule has 0 aliphatic carbocycles. The molecule has 2 N–H and O–H groups in total. The molecule has 0 unspecified atom stereocenters. The van der Waals surface area contributed by atoms with Gasteiger partial charge in [-0.15, -0.1) is 0 Å². The van der Waals surface area contributed by atoms with E-state index in [4.69, 9.17) is 14.3 Å². The summed E-state index contributed by atoms with van der Waals surface area (Å²) in [6.45, 7) is 1.98. The Morgan fingerprint density at radius 2 is 1.92 bits per heavy atom. The van der Waals surface area contributed by atoms with Crippen molar-refractivity contribution in [2.24, 2.45) is 0 Å². The quantitative estimate of drug-likeness (QED) is 0.665. The second-order valence-corrected chi connectivity index (χ2v) is 5.66. The van der Waals surface area contributed by atoms with Crippen molar-refractivity contribution in [1.29, 1.82) is 0 Å². The number of ether oxygens (including phenoxy) is 1. The second kappa shape index (κ2) is 7.40. The van der Waals surface area contributed by atoms with Gasteiger partial charge in [0.1, 0.15) is 22.7 Å². The van der Waals surface area contributed by atoms with Crippen molar-refractivity contribution < 1.29 is 24.2 Å². The zero-order chi connectivity index (χ0) is 17.8. The van der Waals surface area contributed by atoms with E-state index in [1.54, 1.807) is 19.1 Å². The number of aryl methyl sites for hydroxylation is 1. The first kappa shape index (κ1) is 17.0. The summed E-state index contributed by atoms with van der Waals surface area (Å²) in [6.07, 6.45) is 0.903. The minimum Gasteiger partial charge on any atom is -0.508 e. The Morgan fingerprint density at radius 3 is 2.60 bits per heavy atom. The Hall–Kier alpha value is -2.79. The van der Waals surface area contributed by atoms with Crippen LogP contribution in [0.5, 0.6) is 5.75 Å². The minimum absolute atomic E-state index is 0.00599. The number of hydrogen-bond donors (Lipinski definition) is 2. The van der Waals surface area contributed by atoms with Crippen molar-refractivity contribution in [2.75, 3.05) is 13.2 Å². The van der Waals surface area contributed by atoms with E-state index < -0.39 is 5.97 Å². The van der Waals surface area contributed by atoms with Gasteiger partial charge in [-0.25, -0.2) is 4.79 Å². The number of esters is 1. The maximum Gasteiger partial charge on any atom is 0.342 e. The predicted molar refractivity (Wildman–Crippen MR) is 94.7 cm³/mol. The highest BCUT2D eigenvalue weighted by Crippen LogP contribution is 2.39. The number of phenols is 1. The SMILES string of the molecule is CCOC(=O)c1c(-c2ccccc2)oc2ccc(O)c(CCCO)c12. The fourth-order valence-electron chi connectivity index (χ4n) is 2.95. The molecule has 3 aromatic rings. The van der Waals surface area contributed by atoms with Gasteiger partial charge in [0, 0.05) is 23.1 Å². The van der Waals surface area contributed by atoms with Crippen molar-refractivity contribution in [2.45, 2.75) is 19.8 Å². The number of fused-ring (bicyclic) bond motifs is 1. The van der Waals surface area contributed by atoms with Crippen LogP contribution in [0.2, 0.25) is 0 Å². The third kappa shape index (κ3) is 3.23. The van der Waals surface area contributed by atoms with E-state index in [0.717, 1.165) is 5.56 Å². The molecule has 0 atom stereocenters. The number of aliphatic hydroxyl groups excluding tert-OH is 1. The number of carbonyl (C=O) groups excluding carboxylic acids is 1. The summed E-state index contributed by atoms with van der Waals surface area (Å²) in [7, 11) is 0. The van der Waals surface area contributed by atoms with Crippen molar-refractivity contribution in [3.63, 3.8) is 0 Å². The van der Waals surface area contributed by atoms with Gasteiger partial charge >= 0.3 is 5.97 Å². The van der Waals surface area contributed by atoms with E-state index in [1.807, 2.05) is 30.3 Å². The van der Waals surface area contributed by atoms with Crippen molar-refractivity contribution in [3.8, 4) is 17.1 Å². The molecule has 0 amide bonds. The molecule has 0 saturated carbocycles. The molecule has 130 valence electrons. The van der Waals surface area contributed by atoms with Crippen molar-refractivity contribution in [3.05, 3.63) is 53.6 Å².